The van der Waals surface area contributed by atoms with Crippen LogP contribution in [0.3, 0.4) is 0 Å². The zero-order valence-electron chi connectivity index (χ0n) is 10.2. The molecule has 1 N–H and O–H groups in total. The van der Waals surface area contributed by atoms with Crippen molar-refractivity contribution in [3.63, 3.8) is 0 Å². The molecule has 0 aliphatic heterocycles. The number of hydrogen-bond acceptors (Lipinski definition) is 1. The Morgan fingerprint density at radius 1 is 1.50 bits per heavy atom. The molecule has 0 saturated carbocycles. The summed E-state index contributed by atoms with van der Waals surface area (Å²) in [6.45, 7) is 2.48. The van der Waals surface area contributed by atoms with Crippen LogP contribution in [0.25, 0.3) is 0 Å². The van der Waals surface area contributed by atoms with Crippen LogP contribution in [0.5, 0.6) is 0 Å². The smallest absolute Gasteiger partial charge is 0.224 e. The quantitative estimate of drug-likeness (QED) is 0.798. The van der Waals surface area contributed by atoms with Gasteiger partial charge in [-0.15, -0.1) is 11.6 Å². The molecule has 0 fully saturated rings. The number of nitrogens with one attached hydrogen (secondary N) is 1. The van der Waals surface area contributed by atoms with Gasteiger partial charge in [-0.1, -0.05) is 24.6 Å². The minimum Gasteiger partial charge on any atom is -0.356 e. The summed E-state index contributed by atoms with van der Waals surface area (Å²) in [6, 6.07) is 4.37. The van der Waals surface area contributed by atoms with E-state index in [1.54, 1.807) is 6.07 Å². The van der Waals surface area contributed by atoms with Crippen LogP contribution in [0.2, 0.25) is 5.02 Å². The Labute approximate surface area is 116 Å². The minimum absolute atomic E-state index is 0.0510. The molecule has 2 nitrogen and oxygen atoms in total. The van der Waals surface area contributed by atoms with Crippen LogP contribution < -0.4 is 5.32 Å². The molecule has 0 saturated heterocycles. The average Bonchev–Trinajstić information content (AvgIpc) is 2.34. The molecular formula is C13H16Cl2FNO. The highest BCUT2D eigenvalue weighted by Crippen LogP contribution is 2.19. The second-order valence-corrected chi connectivity index (χ2v) is 5.05. The zero-order valence-corrected chi connectivity index (χ0v) is 11.7. The van der Waals surface area contributed by atoms with E-state index in [0.717, 1.165) is 6.42 Å². The average molecular weight is 292 g/mol. The summed E-state index contributed by atoms with van der Waals surface area (Å²) >= 11 is 11.8. The number of alkyl halides is 1. The van der Waals surface area contributed by atoms with Crippen molar-refractivity contribution >= 4 is 29.1 Å². The molecular weight excluding hydrogens is 276 g/mol. The summed E-state index contributed by atoms with van der Waals surface area (Å²) in [7, 11) is 0. The van der Waals surface area contributed by atoms with Crippen LogP contribution in [-0.4, -0.2) is 17.8 Å². The van der Waals surface area contributed by atoms with Gasteiger partial charge in [0, 0.05) is 22.5 Å². The van der Waals surface area contributed by atoms with Gasteiger partial charge >= 0.3 is 0 Å². The van der Waals surface area contributed by atoms with Crippen molar-refractivity contribution in [1.82, 2.24) is 5.32 Å². The Morgan fingerprint density at radius 2 is 2.22 bits per heavy atom. The maximum absolute atomic E-state index is 13.4. The molecule has 0 heterocycles. The van der Waals surface area contributed by atoms with Gasteiger partial charge in [0.1, 0.15) is 5.82 Å². The lowest BCUT2D eigenvalue weighted by Gasteiger charge is -2.09. The van der Waals surface area contributed by atoms with Gasteiger partial charge in [0.2, 0.25) is 5.91 Å². The maximum Gasteiger partial charge on any atom is 0.224 e. The number of carbonyl (C=O) groups excluding carboxylic acids is 1. The standard InChI is InChI=1S/C13H16Cl2FNO/c1-2-9(14)6-7-17-13(18)8-10-11(15)4-3-5-12(10)16/h3-5,9H,2,6-8H2,1H3,(H,17,18). The third-order valence-electron chi connectivity index (χ3n) is 2.62. The van der Waals surface area contributed by atoms with Crippen molar-refractivity contribution in [2.75, 3.05) is 6.54 Å². The summed E-state index contributed by atoms with van der Waals surface area (Å²) in [4.78, 5) is 11.6. The van der Waals surface area contributed by atoms with Gasteiger partial charge in [0.15, 0.2) is 0 Å². The van der Waals surface area contributed by atoms with E-state index >= 15 is 0 Å². The molecule has 0 aromatic heterocycles. The Hall–Kier alpha value is -0.800. The molecule has 1 unspecified atom stereocenters. The molecule has 1 aromatic rings. The van der Waals surface area contributed by atoms with Crippen LogP contribution >= 0.6 is 23.2 Å². The first kappa shape index (κ1) is 15.3. The number of rotatable bonds is 6. The monoisotopic (exact) mass is 291 g/mol. The van der Waals surface area contributed by atoms with Gasteiger partial charge in [0.25, 0.3) is 0 Å². The van der Waals surface area contributed by atoms with Gasteiger partial charge in [-0.25, -0.2) is 4.39 Å². The zero-order chi connectivity index (χ0) is 13.5. The molecule has 1 atom stereocenters. The first-order valence-corrected chi connectivity index (χ1v) is 6.69. The van der Waals surface area contributed by atoms with Crippen molar-refractivity contribution in [3.05, 3.63) is 34.6 Å². The van der Waals surface area contributed by atoms with E-state index < -0.39 is 5.82 Å². The Balaban J connectivity index is 2.45. The van der Waals surface area contributed by atoms with Crippen LogP contribution in [0.15, 0.2) is 18.2 Å². The molecule has 0 bridgehead atoms. The second kappa shape index (κ2) is 7.59. The van der Waals surface area contributed by atoms with Crippen molar-refractivity contribution in [2.24, 2.45) is 0 Å². The van der Waals surface area contributed by atoms with Gasteiger partial charge in [-0.2, -0.15) is 0 Å². The molecule has 5 heteroatoms. The highest BCUT2D eigenvalue weighted by molar-refractivity contribution is 6.31. The molecule has 18 heavy (non-hydrogen) atoms. The molecule has 1 amide bonds. The molecule has 1 rings (SSSR count). The Bertz CT molecular complexity index is 392. The molecule has 0 spiro atoms. The lowest BCUT2D eigenvalue weighted by Crippen LogP contribution is -2.27. The van der Waals surface area contributed by atoms with Gasteiger partial charge in [0.05, 0.1) is 6.42 Å². The minimum atomic E-state index is -0.457. The van der Waals surface area contributed by atoms with Crippen molar-refractivity contribution in [3.8, 4) is 0 Å². The largest absolute Gasteiger partial charge is 0.356 e. The van der Waals surface area contributed by atoms with E-state index in [2.05, 4.69) is 5.32 Å². The fraction of sp³-hybridized carbons (Fsp3) is 0.462. The molecule has 0 radical (unpaired) electrons. The molecule has 0 aliphatic carbocycles. The van der Waals surface area contributed by atoms with Crippen LogP contribution in [0.4, 0.5) is 4.39 Å². The van der Waals surface area contributed by atoms with Crippen molar-refractivity contribution in [1.29, 1.82) is 0 Å². The Morgan fingerprint density at radius 3 is 2.83 bits per heavy atom. The number of amides is 1. The molecule has 1 aromatic carbocycles. The number of halogens is 3. The van der Waals surface area contributed by atoms with Gasteiger partial charge < -0.3 is 5.32 Å². The van der Waals surface area contributed by atoms with Crippen LogP contribution in [0, 0.1) is 5.82 Å². The lowest BCUT2D eigenvalue weighted by molar-refractivity contribution is -0.120. The van der Waals surface area contributed by atoms with Gasteiger partial charge in [-0.3, -0.25) is 4.79 Å². The predicted molar refractivity (Wildman–Crippen MR) is 72.7 cm³/mol. The summed E-state index contributed by atoms with van der Waals surface area (Å²) in [5.41, 5.74) is 0.231. The number of hydrogen-bond donors (Lipinski definition) is 1. The summed E-state index contributed by atoms with van der Waals surface area (Å²) in [6.07, 6.45) is 1.51. The SMILES string of the molecule is CCC(Cl)CCNC(=O)Cc1c(F)cccc1Cl. The fourth-order valence-electron chi connectivity index (χ4n) is 1.50. The highest BCUT2D eigenvalue weighted by atomic mass is 35.5. The van der Waals surface area contributed by atoms with E-state index in [0.29, 0.717) is 13.0 Å². The second-order valence-electron chi connectivity index (χ2n) is 4.02. The van der Waals surface area contributed by atoms with E-state index in [9.17, 15) is 9.18 Å². The van der Waals surface area contributed by atoms with Crippen molar-refractivity contribution < 1.29 is 9.18 Å². The highest BCUT2D eigenvalue weighted by Gasteiger charge is 2.11. The van der Waals surface area contributed by atoms with Crippen molar-refractivity contribution in [2.45, 2.75) is 31.6 Å². The van der Waals surface area contributed by atoms with E-state index in [1.165, 1.54) is 12.1 Å². The number of benzene rings is 1. The van der Waals surface area contributed by atoms with E-state index in [4.69, 9.17) is 23.2 Å². The third kappa shape index (κ3) is 4.83. The fourth-order valence-corrected chi connectivity index (χ4v) is 1.84. The summed E-state index contributed by atoms with van der Waals surface area (Å²) in [5, 5.41) is 3.03. The molecule has 100 valence electrons. The summed E-state index contributed by atoms with van der Waals surface area (Å²) in [5.74, 6) is -0.705. The normalized spacial score (nSPS) is 12.2. The first-order chi connectivity index (χ1) is 8.54. The maximum atomic E-state index is 13.4. The van der Waals surface area contributed by atoms with E-state index in [1.807, 2.05) is 6.92 Å². The van der Waals surface area contributed by atoms with Crippen LogP contribution in [-0.2, 0) is 11.2 Å². The predicted octanol–water partition coefficient (Wildman–Crippen LogP) is 3.55. The first-order valence-electron chi connectivity index (χ1n) is 5.88. The molecule has 0 aliphatic rings. The van der Waals surface area contributed by atoms with E-state index in [-0.39, 0.29) is 28.3 Å². The lowest BCUT2D eigenvalue weighted by atomic mass is 10.1. The van der Waals surface area contributed by atoms with Crippen LogP contribution in [0.1, 0.15) is 25.3 Å². The number of carbonyl (C=O) groups is 1. The third-order valence-corrected chi connectivity index (χ3v) is 3.50. The van der Waals surface area contributed by atoms with Gasteiger partial charge in [-0.05, 0) is 25.0 Å². The Kier molecular flexibility index (Phi) is 6.44. The summed E-state index contributed by atoms with van der Waals surface area (Å²) < 4.78 is 13.4. The topological polar surface area (TPSA) is 29.1 Å².